The summed E-state index contributed by atoms with van der Waals surface area (Å²) < 4.78 is 32.3. The zero-order valence-corrected chi connectivity index (χ0v) is 13.1. The molecule has 0 aromatic carbocycles. The Labute approximate surface area is 130 Å². The van der Waals surface area contributed by atoms with Crippen LogP contribution in [0.5, 0.6) is 0 Å². The molecule has 2 saturated heterocycles. The van der Waals surface area contributed by atoms with Crippen LogP contribution in [0, 0.1) is 0 Å². The summed E-state index contributed by atoms with van der Waals surface area (Å²) in [6.07, 6.45) is 6.57. The van der Waals surface area contributed by atoms with Crippen molar-refractivity contribution in [3.63, 3.8) is 0 Å². The lowest BCUT2D eigenvalue weighted by Crippen LogP contribution is -2.37. The van der Waals surface area contributed by atoms with Gasteiger partial charge in [0.25, 0.3) is 0 Å². The van der Waals surface area contributed by atoms with Crippen molar-refractivity contribution in [3.8, 4) is 0 Å². The number of anilines is 1. The third-order valence-corrected chi connectivity index (χ3v) is 7.04. The zero-order valence-electron chi connectivity index (χ0n) is 12.3. The van der Waals surface area contributed by atoms with Crippen LogP contribution in [0.25, 0.3) is 0 Å². The zero-order chi connectivity index (χ0) is 15.2. The maximum absolute atomic E-state index is 12.3. The van der Waals surface area contributed by atoms with E-state index in [2.05, 4.69) is 15.3 Å². The minimum atomic E-state index is -3.10. The molecule has 1 aromatic heterocycles. The first-order valence-corrected chi connectivity index (χ1v) is 9.24. The summed E-state index contributed by atoms with van der Waals surface area (Å²) in [6, 6.07) is 1.90. The molecular weight excluding hydrogens is 304 g/mol. The molecule has 2 aliphatic heterocycles. The second-order valence-electron chi connectivity index (χ2n) is 6.44. The number of nitrogens with zero attached hydrogens (tertiary/aromatic N) is 3. The van der Waals surface area contributed by atoms with Crippen LogP contribution in [0.3, 0.4) is 0 Å². The number of aromatic nitrogens is 2. The van der Waals surface area contributed by atoms with Crippen LogP contribution in [0.2, 0.25) is 0 Å². The summed E-state index contributed by atoms with van der Waals surface area (Å²) in [6.45, 7) is 1.63. The molecule has 1 aliphatic carbocycles. The van der Waals surface area contributed by atoms with Crippen LogP contribution < -0.4 is 5.32 Å². The van der Waals surface area contributed by atoms with Crippen LogP contribution in [0.4, 0.5) is 5.95 Å². The monoisotopic (exact) mass is 324 g/mol. The molecule has 0 amide bonds. The number of hydrogen-bond donors (Lipinski definition) is 1. The van der Waals surface area contributed by atoms with Crippen LogP contribution in [0.1, 0.15) is 25.7 Å². The second kappa shape index (κ2) is 5.14. The van der Waals surface area contributed by atoms with E-state index >= 15 is 0 Å². The first kappa shape index (κ1) is 14.3. The molecule has 8 heteroatoms. The summed E-state index contributed by atoms with van der Waals surface area (Å²) in [5.41, 5.74) is -0.339. The van der Waals surface area contributed by atoms with Gasteiger partial charge in [0.1, 0.15) is 0 Å². The largest absolute Gasteiger partial charge is 0.371 e. The number of ether oxygens (including phenoxy) is 1. The first-order chi connectivity index (χ1) is 10.6. The van der Waals surface area contributed by atoms with Gasteiger partial charge in [-0.25, -0.2) is 18.4 Å². The van der Waals surface area contributed by atoms with E-state index in [1.165, 1.54) is 0 Å². The number of rotatable bonds is 4. The molecule has 2 atom stereocenters. The molecule has 3 fully saturated rings. The first-order valence-electron chi connectivity index (χ1n) is 7.74. The molecule has 0 unspecified atom stereocenters. The molecule has 22 heavy (non-hydrogen) atoms. The molecule has 1 saturated carbocycles. The van der Waals surface area contributed by atoms with Crippen molar-refractivity contribution in [1.82, 2.24) is 14.3 Å². The van der Waals surface area contributed by atoms with Gasteiger partial charge >= 0.3 is 0 Å². The van der Waals surface area contributed by atoms with Gasteiger partial charge in [0, 0.05) is 31.9 Å². The summed E-state index contributed by atoms with van der Waals surface area (Å²) in [7, 11) is -3.10. The minimum absolute atomic E-state index is 0.131. The van der Waals surface area contributed by atoms with Gasteiger partial charge in [0.05, 0.1) is 23.5 Å². The van der Waals surface area contributed by atoms with Gasteiger partial charge in [-0.05, 0) is 25.3 Å². The Morgan fingerprint density at radius 2 is 2.09 bits per heavy atom. The lowest BCUT2D eigenvalue weighted by Gasteiger charge is -2.23. The van der Waals surface area contributed by atoms with Crippen LogP contribution in [0.15, 0.2) is 18.5 Å². The Balaban J connectivity index is 1.40. The van der Waals surface area contributed by atoms with Gasteiger partial charge in [-0.1, -0.05) is 0 Å². The Morgan fingerprint density at radius 3 is 2.82 bits per heavy atom. The highest BCUT2D eigenvalue weighted by Gasteiger charge is 2.51. The maximum atomic E-state index is 12.3. The van der Waals surface area contributed by atoms with Crippen molar-refractivity contribution in [2.45, 2.75) is 42.6 Å². The molecule has 1 spiro atoms. The van der Waals surface area contributed by atoms with Crippen LogP contribution >= 0.6 is 0 Å². The predicted molar refractivity (Wildman–Crippen MR) is 80.9 cm³/mol. The van der Waals surface area contributed by atoms with Gasteiger partial charge in [-0.15, -0.1) is 0 Å². The highest BCUT2D eigenvalue weighted by atomic mass is 32.2. The molecule has 120 valence electrons. The van der Waals surface area contributed by atoms with Gasteiger partial charge in [-0.3, -0.25) is 0 Å². The maximum Gasteiger partial charge on any atom is 0.222 e. The smallest absolute Gasteiger partial charge is 0.222 e. The summed E-state index contributed by atoms with van der Waals surface area (Å²) in [5, 5.41) is 3.12. The third-order valence-electron chi connectivity index (χ3n) is 4.69. The quantitative estimate of drug-likeness (QED) is 0.874. The molecule has 3 heterocycles. The van der Waals surface area contributed by atoms with E-state index in [4.69, 9.17) is 4.74 Å². The van der Waals surface area contributed by atoms with Crippen molar-refractivity contribution >= 4 is 16.0 Å². The van der Waals surface area contributed by atoms with Crippen molar-refractivity contribution in [1.29, 1.82) is 0 Å². The Hall–Kier alpha value is -1.25. The van der Waals surface area contributed by atoms with Crippen molar-refractivity contribution in [3.05, 3.63) is 18.5 Å². The fraction of sp³-hybridized carbons (Fsp3) is 0.714. The van der Waals surface area contributed by atoms with E-state index in [0.717, 1.165) is 25.7 Å². The summed E-state index contributed by atoms with van der Waals surface area (Å²) in [5.74, 6) is 0.591. The van der Waals surface area contributed by atoms with Gasteiger partial charge < -0.3 is 10.1 Å². The Kier molecular flexibility index (Phi) is 3.35. The van der Waals surface area contributed by atoms with Gasteiger partial charge in [0.15, 0.2) is 0 Å². The number of hydrogen-bond acceptors (Lipinski definition) is 6. The van der Waals surface area contributed by atoms with E-state index in [0.29, 0.717) is 25.6 Å². The van der Waals surface area contributed by atoms with E-state index in [9.17, 15) is 8.42 Å². The fourth-order valence-electron chi connectivity index (χ4n) is 3.38. The topological polar surface area (TPSA) is 84.4 Å². The lowest BCUT2D eigenvalue weighted by atomic mass is 9.97. The molecule has 4 rings (SSSR count). The average molecular weight is 324 g/mol. The molecule has 1 N–H and O–H groups in total. The van der Waals surface area contributed by atoms with Crippen molar-refractivity contribution < 1.29 is 13.2 Å². The SMILES string of the molecule is O=S(=O)(C1CC1)N1CC[C@]2(C[C@@H](Nc3ncccn3)CO2)C1. The average Bonchev–Trinajstić information content (AvgIpc) is 3.20. The fourth-order valence-corrected chi connectivity index (χ4v) is 5.29. The molecule has 0 radical (unpaired) electrons. The normalized spacial score (nSPS) is 32.6. The van der Waals surface area contributed by atoms with E-state index in [1.54, 1.807) is 22.8 Å². The minimum Gasteiger partial charge on any atom is -0.371 e. The van der Waals surface area contributed by atoms with E-state index in [-0.39, 0.29) is 16.9 Å². The van der Waals surface area contributed by atoms with Gasteiger partial charge in [0.2, 0.25) is 16.0 Å². The Morgan fingerprint density at radius 1 is 1.32 bits per heavy atom. The highest BCUT2D eigenvalue weighted by Crippen LogP contribution is 2.40. The summed E-state index contributed by atoms with van der Waals surface area (Å²) in [4.78, 5) is 8.32. The molecule has 3 aliphatic rings. The highest BCUT2D eigenvalue weighted by molar-refractivity contribution is 7.90. The second-order valence-corrected chi connectivity index (χ2v) is 8.65. The lowest BCUT2D eigenvalue weighted by molar-refractivity contribution is 0.0173. The molecule has 0 bridgehead atoms. The van der Waals surface area contributed by atoms with E-state index in [1.807, 2.05) is 0 Å². The third kappa shape index (κ3) is 2.59. The van der Waals surface area contributed by atoms with Crippen LogP contribution in [-0.2, 0) is 14.8 Å². The molecule has 1 aromatic rings. The van der Waals surface area contributed by atoms with Crippen molar-refractivity contribution in [2.24, 2.45) is 0 Å². The number of nitrogens with one attached hydrogen (secondary N) is 1. The van der Waals surface area contributed by atoms with Crippen LogP contribution in [-0.4, -0.2) is 59.3 Å². The number of sulfonamides is 1. The molecular formula is C14H20N4O3S. The predicted octanol–water partition coefficient (Wildman–Crippen LogP) is 0.614. The van der Waals surface area contributed by atoms with Gasteiger partial charge in [-0.2, -0.15) is 4.31 Å². The van der Waals surface area contributed by atoms with Crippen molar-refractivity contribution in [2.75, 3.05) is 25.0 Å². The standard InChI is InChI=1S/C14H20N4O3S/c19-22(20,12-2-3-12)18-7-4-14(10-18)8-11(9-21-14)17-13-15-5-1-6-16-13/h1,5-6,11-12H,2-4,7-10H2,(H,15,16,17)/t11-,14+/m1/s1. The molecule has 7 nitrogen and oxygen atoms in total. The summed E-state index contributed by atoms with van der Waals surface area (Å²) >= 11 is 0. The Bertz CT molecular complexity index is 649. The van der Waals surface area contributed by atoms with E-state index < -0.39 is 10.0 Å².